The van der Waals surface area contributed by atoms with Crippen LogP contribution < -0.4 is 10.6 Å². The number of likely N-dealkylation sites (N-methyl/N-ethyl adjacent to an activating group) is 1. The van der Waals surface area contributed by atoms with Crippen LogP contribution in [0.4, 0.5) is 13.2 Å². The van der Waals surface area contributed by atoms with Crippen LogP contribution in [0.15, 0.2) is 29.3 Å². The molecule has 0 aliphatic carbocycles. The smallest absolute Gasteiger partial charge is 0.356 e. The van der Waals surface area contributed by atoms with Crippen molar-refractivity contribution < 1.29 is 18.0 Å². The summed E-state index contributed by atoms with van der Waals surface area (Å²) in [6.07, 6.45) is -4.39. The van der Waals surface area contributed by atoms with Gasteiger partial charge in [0.15, 0.2) is 5.96 Å². The molecule has 0 fully saturated rings. The van der Waals surface area contributed by atoms with E-state index < -0.39 is 17.8 Å². The van der Waals surface area contributed by atoms with E-state index in [2.05, 4.69) is 15.6 Å². The van der Waals surface area contributed by atoms with Crippen LogP contribution in [0.3, 0.4) is 0 Å². The lowest BCUT2D eigenvalue weighted by molar-refractivity contribution is -0.137. The van der Waals surface area contributed by atoms with Gasteiger partial charge in [-0.2, -0.15) is 13.2 Å². The Kier molecular flexibility index (Phi) is 7.92. The molecule has 0 saturated heterocycles. The number of hydrogen-bond acceptors (Lipinski definition) is 2. The Morgan fingerprint density at radius 1 is 1.23 bits per heavy atom. The molecule has 0 aliphatic rings. The summed E-state index contributed by atoms with van der Waals surface area (Å²) in [7, 11) is 3.27. The van der Waals surface area contributed by atoms with Crippen molar-refractivity contribution in [1.82, 2.24) is 15.5 Å². The number of carbonyl (C=O) groups is 1. The maximum Gasteiger partial charge on any atom is 0.416 e. The fourth-order valence-electron chi connectivity index (χ4n) is 2.01. The summed E-state index contributed by atoms with van der Waals surface area (Å²) in [5, 5.41) is 6.17. The first kappa shape index (κ1) is 21.8. The SMILES string of the molecule is CC(C)CNC(=NCC(=O)N(C)C)NC(C)c1cccc(C(F)(F)F)c1. The number of benzene rings is 1. The van der Waals surface area contributed by atoms with E-state index in [1.165, 1.54) is 11.0 Å². The molecular formula is C18H27F3N4O. The number of hydrogen-bond donors (Lipinski definition) is 2. The minimum atomic E-state index is -4.39. The Balaban J connectivity index is 2.91. The van der Waals surface area contributed by atoms with E-state index in [-0.39, 0.29) is 12.5 Å². The minimum absolute atomic E-state index is 0.0459. The van der Waals surface area contributed by atoms with Gasteiger partial charge in [0.2, 0.25) is 5.91 Å². The molecule has 1 aromatic carbocycles. The number of halogens is 3. The molecular weight excluding hydrogens is 345 g/mol. The van der Waals surface area contributed by atoms with Crippen molar-refractivity contribution >= 4 is 11.9 Å². The molecule has 1 aromatic rings. The third-order valence-corrected chi connectivity index (χ3v) is 3.62. The van der Waals surface area contributed by atoms with Crippen LogP contribution in [0.5, 0.6) is 0 Å². The van der Waals surface area contributed by atoms with Crippen LogP contribution in [-0.4, -0.2) is 44.0 Å². The van der Waals surface area contributed by atoms with Crippen LogP contribution in [0, 0.1) is 5.92 Å². The molecule has 0 spiro atoms. The van der Waals surface area contributed by atoms with Crippen molar-refractivity contribution in [3.05, 3.63) is 35.4 Å². The largest absolute Gasteiger partial charge is 0.416 e. The zero-order valence-corrected chi connectivity index (χ0v) is 15.8. The fraction of sp³-hybridized carbons (Fsp3) is 0.556. The first-order valence-corrected chi connectivity index (χ1v) is 8.43. The second-order valence-electron chi connectivity index (χ2n) is 6.72. The van der Waals surface area contributed by atoms with Crippen molar-refractivity contribution in [2.75, 3.05) is 27.2 Å². The van der Waals surface area contributed by atoms with E-state index in [1.54, 1.807) is 27.1 Å². The van der Waals surface area contributed by atoms with Gasteiger partial charge < -0.3 is 15.5 Å². The standard InChI is InChI=1S/C18H27F3N4O/c1-12(2)10-22-17(23-11-16(26)25(4)5)24-13(3)14-7-6-8-15(9-14)18(19,20)21/h6-9,12-13H,10-11H2,1-5H3,(H2,22,23,24). The Hall–Kier alpha value is -2.25. The van der Waals surface area contributed by atoms with Crippen molar-refractivity contribution in [2.24, 2.45) is 10.9 Å². The average molecular weight is 372 g/mol. The van der Waals surface area contributed by atoms with Crippen LogP contribution >= 0.6 is 0 Å². The van der Waals surface area contributed by atoms with Crippen molar-refractivity contribution in [1.29, 1.82) is 0 Å². The second-order valence-corrected chi connectivity index (χ2v) is 6.72. The molecule has 0 aliphatic heterocycles. The van der Waals surface area contributed by atoms with Gasteiger partial charge in [0.25, 0.3) is 0 Å². The van der Waals surface area contributed by atoms with Gasteiger partial charge >= 0.3 is 6.18 Å². The van der Waals surface area contributed by atoms with Crippen molar-refractivity contribution in [3.8, 4) is 0 Å². The monoisotopic (exact) mass is 372 g/mol. The van der Waals surface area contributed by atoms with Gasteiger partial charge in [-0.25, -0.2) is 4.99 Å². The normalized spacial score (nSPS) is 13.5. The molecule has 0 radical (unpaired) electrons. The highest BCUT2D eigenvalue weighted by Gasteiger charge is 2.30. The van der Waals surface area contributed by atoms with Gasteiger partial charge in [0.1, 0.15) is 6.54 Å². The molecule has 0 bridgehead atoms. The lowest BCUT2D eigenvalue weighted by atomic mass is 10.1. The number of carbonyl (C=O) groups excluding carboxylic acids is 1. The summed E-state index contributed by atoms with van der Waals surface area (Å²) in [5.41, 5.74) is -0.210. The summed E-state index contributed by atoms with van der Waals surface area (Å²) in [6.45, 7) is 6.36. The maximum absolute atomic E-state index is 12.9. The van der Waals surface area contributed by atoms with Gasteiger partial charge in [0.05, 0.1) is 11.6 Å². The van der Waals surface area contributed by atoms with Gasteiger partial charge in [-0.05, 0) is 30.5 Å². The van der Waals surface area contributed by atoms with Gasteiger partial charge in [-0.3, -0.25) is 4.79 Å². The summed E-state index contributed by atoms with van der Waals surface area (Å²) in [6, 6.07) is 4.74. The molecule has 2 N–H and O–H groups in total. The topological polar surface area (TPSA) is 56.7 Å². The highest BCUT2D eigenvalue weighted by atomic mass is 19.4. The number of rotatable bonds is 6. The maximum atomic E-state index is 12.9. The third kappa shape index (κ3) is 7.33. The summed E-state index contributed by atoms with van der Waals surface area (Å²) in [5.74, 6) is 0.566. The highest BCUT2D eigenvalue weighted by molar-refractivity contribution is 5.85. The van der Waals surface area contributed by atoms with Crippen LogP contribution in [-0.2, 0) is 11.0 Å². The first-order valence-electron chi connectivity index (χ1n) is 8.43. The summed E-state index contributed by atoms with van der Waals surface area (Å²) >= 11 is 0. The summed E-state index contributed by atoms with van der Waals surface area (Å²) < 4.78 is 38.7. The molecule has 5 nitrogen and oxygen atoms in total. The van der Waals surface area contributed by atoms with Gasteiger partial charge in [-0.1, -0.05) is 26.0 Å². The predicted octanol–water partition coefficient (Wildman–Crippen LogP) is 3.05. The molecule has 146 valence electrons. The first-order chi connectivity index (χ1) is 12.0. The molecule has 8 heteroatoms. The number of nitrogens with one attached hydrogen (secondary N) is 2. The molecule has 0 aromatic heterocycles. The Bertz CT molecular complexity index is 627. The summed E-state index contributed by atoms with van der Waals surface area (Å²) in [4.78, 5) is 17.4. The number of nitrogens with zero attached hydrogens (tertiary/aromatic N) is 2. The number of aliphatic imine (C=N–C) groups is 1. The van der Waals surface area contributed by atoms with Crippen LogP contribution in [0.1, 0.15) is 37.9 Å². The van der Waals surface area contributed by atoms with Crippen molar-refractivity contribution in [2.45, 2.75) is 33.0 Å². The quantitative estimate of drug-likeness (QED) is 0.596. The van der Waals surface area contributed by atoms with E-state index >= 15 is 0 Å². The van der Waals surface area contributed by atoms with Gasteiger partial charge in [-0.15, -0.1) is 0 Å². The van der Waals surface area contributed by atoms with E-state index in [1.807, 2.05) is 13.8 Å². The van der Waals surface area contributed by atoms with Gasteiger partial charge in [0, 0.05) is 20.6 Å². The highest BCUT2D eigenvalue weighted by Crippen LogP contribution is 2.30. The molecule has 1 atom stereocenters. The van der Waals surface area contributed by atoms with E-state index in [9.17, 15) is 18.0 Å². The van der Waals surface area contributed by atoms with E-state index in [0.29, 0.717) is 24.0 Å². The van der Waals surface area contributed by atoms with E-state index in [0.717, 1.165) is 12.1 Å². The number of amides is 1. The molecule has 0 saturated carbocycles. The Morgan fingerprint density at radius 2 is 1.88 bits per heavy atom. The van der Waals surface area contributed by atoms with Crippen LogP contribution in [0.25, 0.3) is 0 Å². The molecule has 26 heavy (non-hydrogen) atoms. The molecule has 1 amide bonds. The average Bonchev–Trinajstić information content (AvgIpc) is 2.55. The Morgan fingerprint density at radius 3 is 2.42 bits per heavy atom. The zero-order valence-electron chi connectivity index (χ0n) is 15.8. The number of guanidine groups is 1. The lowest BCUT2D eigenvalue weighted by Crippen LogP contribution is -2.41. The van der Waals surface area contributed by atoms with Crippen LogP contribution in [0.2, 0.25) is 0 Å². The zero-order chi connectivity index (χ0) is 19.9. The fourth-order valence-corrected chi connectivity index (χ4v) is 2.01. The third-order valence-electron chi connectivity index (χ3n) is 3.62. The Labute approximate surface area is 152 Å². The number of alkyl halides is 3. The van der Waals surface area contributed by atoms with Crippen molar-refractivity contribution in [3.63, 3.8) is 0 Å². The van der Waals surface area contributed by atoms with E-state index in [4.69, 9.17) is 0 Å². The molecule has 0 heterocycles. The predicted molar refractivity (Wildman–Crippen MR) is 96.8 cm³/mol. The molecule has 1 unspecified atom stereocenters. The lowest BCUT2D eigenvalue weighted by Gasteiger charge is -2.20. The second kappa shape index (κ2) is 9.45. The minimum Gasteiger partial charge on any atom is -0.356 e. The molecule has 1 rings (SSSR count).